The number of methoxy groups -OCH3 is 1. The average molecular weight is 305 g/mol. The molecule has 0 aliphatic rings. The summed E-state index contributed by atoms with van der Waals surface area (Å²) in [6.45, 7) is 2.93. The summed E-state index contributed by atoms with van der Waals surface area (Å²) in [6, 6.07) is 0. The molecule has 7 nitrogen and oxygen atoms in total. The van der Waals surface area contributed by atoms with Crippen molar-refractivity contribution in [1.29, 1.82) is 0 Å². The number of hydrogen-bond acceptors (Lipinski definition) is 6. The lowest BCUT2D eigenvalue weighted by Crippen LogP contribution is -2.29. The molecule has 1 rings (SSSR count). The zero-order chi connectivity index (χ0) is 15.0. The number of aliphatic hydroxyl groups excluding tert-OH is 1. The molecule has 114 valence electrons. The first kappa shape index (κ1) is 16.9. The van der Waals surface area contributed by atoms with Gasteiger partial charge < -0.3 is 20.1 Å². The number of ether oxygens (including phenoxy) is 1. The summed E-state index contributed by atoms with van der Waals surface area (Å²) >= 11 is 5.98. The number of nitrogens with zero attached hydrogens (tertiary/aromatic N) is 3. The molecule has 0 saturated heterocycles. The Morgan fingerprint density at radius 1 is 1.55 bits per heavy atom. The van der Waals surface area contributed by atoms with Gasteiger partial charge in [0.15, 0.2) is 0 Å². The summed E-state index contributed by atoms with van der Waals surface area (Å²) in [5, 5.41) is 15.9. The monoisotopic (exact) mass is 304 g/mol. The van der Waals surface area contributed by atoms with Crippen LogP contribution in [0.1, 0.15) is 0 Å². The average Bonchev–Trinajstić information content (AvgIpc) is 2.44. The van der Waals surface area contributed by atoms with Crippen LogP contribution in [0.2, 0.25) is 5.02 Å². The Bertz CT molecular complexity index is 467. The molecule has 0 aromatic carbocycles. The summed E-state index contributed by atoms with van der Waals surface area (Å²) in [5.74, 6) is 0. The van der Waals surface area contributed by atoms with E-state index >= 15 is 0 Å². The highest BCUT2D eigenvalue weighted by molar-refractivity contribution is 6.32. The third kappa shape index (κ3) is 5.09. The van der Waals surface area contributed by atoms with Crippen LogP contribution in [0, 0.1) is 0 Å². The molecule has 20 heavy (non-hydrogen) atoms. The molecule has 0 bridgehead atoms. The molecule has 0 atom stereocenters. The van der Waals surface area contributed by atoms with E-state index < -0.39 is 5.56 Å². The van der Waals surface area contributed by atoms with E-state index in [2.05, 4.69) is 15.3 Å². The van der Waals surface area contributed by atoms with Gasteiger partial charge in [-0.1, -0.05) is 11.6 Å². The van der Waals surface area contributed by atoms with E-state index in [9.17, 15) is 4.79 Å². The minimum atomic E-state index is -0.404. The van der Waals surface area contributed by atoms with Crippen molar-refractivity contribution in [2.45, 2.75) is 6.54 Å². The first-order valence-corrected chi connectivity index (χ1v) is 6.75. The quantitative estimate of drug-likeness (QED) is 0.662. The van der Waals surface area contributed by atoms with Crippen LogP contribution < -0.4 is 10.9 Å². The zero-order valence-corrected chi connectivity index (χ0v) is 12.6. The first-order valence-electron chi connectivity index (χ1n) is 6.38. The maximum Gasteiger partial charge on any atom is 0.287 e. The lowest BCUT2D eigenvalue weighted by molar-refractivity contribution is 0.163. The van der Waals surface area contributed by atoms with Crippen LogP contribution in [-0.4, -0.2) is 66.8 Å². The number of aliphatic hydroxyl groups is 1. The Balaban J connectivity index is 2.52. The second-order valence-corrected chi connectivity index (χ2v) is 4.72. The summed E-state index contributed by atoms with van der Waals surface area (Å²) in [7, 11) is 3.65. The number of anilines is 1. The highest BCUT2D eigenvalue weighted by atomic mass is 35.5. The minimum absolute atomic E-state index is 0.0907. The summed E-state index contributed by atoms with van der Waals surface area (Å²) in [6.07, 6.45) is 1.49. The Labute approximate surface area is 123 Å². The van der Waals surface area contributed by atoms with Crippen molar-refractivity contribution in [3.05, 3.63) is 21.6 Å². The fourth-order valence-electron chi connectivity index (χ4n) is 1.58. The molecule has 0 radical (unpaired) electrons. The van der Waals surface area contributed by atoms with Gasteiger partial charge in [-0.2, -0.15) is 5.10 Å². The normalized spacial score (nSPS) is 11.1. The summed E-state index contributed by atoms with van der Waals surface area (Å²) < 4.78 is 6.13. The fraction of sp³-hybridized carbons (Fsp3) is 0.667. The predicted octanol–water partition coefficient (Wildman–Crippen LogP) is -0.121. The molecule has 2 N–H and O–H groups in total. The van der Waals surface area contributed by atoms with Gasteiger partial charge in [-0.15, -0.1) is 0 Å². The second kappa shape index (κ2) is 8.91. The summed E-state index contributed by atoms with van der Waals surface area (Å²) in [5.41, 5.74) is 0.101. The molecule has 0 aliphatic heterocycles. The highest BCUT2D eigenvalue weighted by Gasteiger charge is 2.08. The van der Waals surface area contributed by atoms with E-state index in [0.717, 1.165) is 17.8 Å². The van der Waals surface area contributed by atoms with Crippen molar-refractivity contribution in [2.24, 2.45) is 0 Å². The lowest BCUT2D eigenvalue weighted by Gasteiger charge is -2.17. The van der Waals surface area contributed by atoms with Gasteiger partial charge in [0.05, 0.1) is 31.6 Å². The van der Waals surface area contributed by atoms with Gasteiger partial charge in [-0.25, -0.2) is 4.68 Å². The molecule has 0 saturated carbocycles. The van der Waals surface area contributed by atoms with Gasteiger partial charge in [0, 0.05) is 26.7 Å². The molecule has 1 aromatic rings. The molecule has 0 fully saturated rings. The van der Waals surface area contributed by atoms with Gasteiger partial charge >= 0.3 is 0 Å². The number of likely N-dealkylation sites (N-methyl/N-ethyl adjacent to an activating group) is 1. The first-order chi connectivity index (χ1) is 9.60. The topological polar surface area (TPSA) is 79.6 Å². The van der Waals surface area contributed by atoms with Gasteiger partial charge in [-0.05, 0) is 7.05 Å². The van der Waals surface area contributed by atoms with Crippen LogP contribution in [0.4, 0.5) is 5.69 Å². The summed E-state index contributed by atoms with van der Waals surface area (Å²) in [4.78, 5) is 13.9. The van der Waals surface area contributed by atoms with Gasteiger partial charge in [0.2, 0.25) is 0 Å². The number of rotatable bonds is 9. The van der Waals surface area contributed by atoms with Gasteiger partial charge in [-0.3, -0.25) is 4.79 Å². The van der Waals surface area contributed by atoms with Crippen LogP contribution in [0.25, 0.3) is 0 Å². The highest BCUT2D eigenvalue weighted by Crippen LogP contribution is 2.14. The standard InChI is InChI=1S/C12H21ClN4O3/c1-16(6-8-20-2)4-3-14-10-9-15-17(5-7-18)12(19)11(10)13/h9,14,18H,3-8H2,1-2H3. The van der Waals surface area contributed by atoms with E-state index in [0.29, 0.717) is 18.8 Å². The van der Waals surface area contributed by atoms with E-state index in [4.69, 9.17) is 21.4 Å². The van der Waals surface area contributed by atoms with E-state index in [1.165, 1.54) is 6.20 Å². The van der Waals surface area contributed by atoms with Gasteiger partial charge in [0.25, 0.3) is 5.56 Å². The molecular weight excluding hydrogens is 284 g/mol. The molecule has 0 amide bonds. The van der Waals surface area contributed by atoms with Crippen molar-refractivity contribution in [3.8, 4) is 0 Å². The predicted molar refractivity (Wildman–Crippen MR) is 78.5 cm³/mol. The molecule has 0 unspecified atom stereocenters. The smallest absolute Gasteiger partial charge is 0.287 e. The number of hydrogen-bond donors (Lipinski definition) is 2. The molecule has 8 heteroatoms. The van der Waals surface area contributed by atoms with Crippen LogP contribution in [0.5, 0.6) is 0 Å². The largest absolute Gasteiger partial charge is 0.394 e. The lowest BCUT2D eigenvalue weighted by atomic mass is 10.4. The van der Waals surface area contributed by atoms with Crippen molar-refractivity contribution in [3.63, 3.8) is 0 Å². The van der Waals surface area contributed by atoms with Crippen LogP contribution in [-0.2, 0) is 11.3 Å². The van der Waals surface area contributed by atoms with E-state index in [1.54, 1.807) is 7.11 Å². The van der Waals surface area contributed by atoms with Crippen molar-refractivity contribution in [2.75, 3.05) is 52.3 Å². The molecule has 1 heterocycles. The third-order valence-electron chi connectivity index (χ3n) is 2.78. The van der Waals surface area contributed by atoms with Crippen LogP contribution >= 0.6 is 11.6 Å². The number of aromatic nitrogens is 2. The molecule has 0 spiro atoms. The van der Waals surface area contributed by atoms with Crippen molar-refractivity contribution < 1.29 is 9.84 Å². The van der Waals surface area contributed by atoms with Crippen molar-refractivity contribution in [1.82, 2.24) is 14.7 Å². The molecule has 0 aliphatic carbocycles. The minimum Gasteiger partial charge on any atom is -0.394 e. The fourth-order valence-corrected chi connectivity index (χ4v) is 1.80. The number of halogens is 1. The van der Waals surface area contributed by atoms with Gasteiger partial charge in [0.1, 0.15) is 5.02 Å². The molecule has 1 aromatic heterocycles. The third-order valence-corrected chi connectivity index (χ3v) is 3.15. The SMILES string of the molecule is COCCN(C)CCNc1cnn(CCO)c(=O)c1Cl. The Morgan fingerprint density at radius 3 is 2.95 bits per heavy atom. The zero-order valence-electron chi connectivity index (χ0n) is 11.8. The Kier molecular flexibility index (Phi) is 7.53. The number of nitrogens with one attached hydrogen (secondary N) is 1. The van der Waals surface area contributed by atoms with E-state index in [1.807, 2.05) is 7.05 Å². The van der Waals surface area contributed by atoms with Crippen molar-refractivity contribution >= 4 is 17.3 Å². The Morgan fingerprint density at radius 2 is 2.30 bits per heavy atom. The van der Waals surface area contributed by atoms with E-state index in [-0.39, 0.29) is 18.2 Å². The van der Waals surface area contributed by atoms with Crippen LogP contribution in [0.15, 0.2) is 11.0 Å². The Hall–Kier alpha value is -1.15. The van der Waals surface area contributed by atoms with Crippen LogP contribution in [0.3, 0.4) is 0 Å². The second-order valence-electron chi connectivity index (χ2n) is 4.35. The maximum absolute atomic E-state index is 11.8. The maximum atomic E-state index is 11.8. The molecular formula is C12H21ClN4O3.